The minimum atomic E-state index is -4.09. The van der Waals surface area contributed by atoms with Crippen molar-refractivity contribution in [2.45, 2.75) is 12.5 Å². The van der Waals surface area contributed by atoms with Crippen LogP contribution >= 0.6 is 7.82 Å². The van der Waals surface area contributed by atoms with Crippen molar-refractivity contribution in [1.29, 1.82) is 0 Å². The monoisotopic (exact) mass is 371 g/mol. The van der Waals surface area contributed by atoms with Crippen LogP contribution in [0.1, 0.15) is 18.1 Å². The molecule has 2 atom stereocenters. The highest BCUT2D eigenvalue weighted by molar-refractivity contribution is 7.49. The summed E-state index contributed by atoms with van der Waals surface area (Å²) in [5.74, 6) is -2.11. The molecule has 10 heteroatoms. The summed E-state index contributed by atoms with van der Waals surface area (Å²) < 4.78 is 55.3. The fraction of sp³-hybridized carbons (Fsp3) is 0.200. The first-order valence-corrected chi connectivity index (χ1v) is 8.65. The summed E-state index contributed by atoms with van der Waals surface area (Å²) in [5, 5.41) is 10.6. The van der Waals surface area contributed by atoms with Crippen LogP contribution in [-0.4, -0.2) is 11.5 Å². The molecule has 1 heterocycles. The zero-order chi connectivity index (χ0) is 18.0. The van der Waals surface area contributed by atoms with Crippen LogP contribution in [0.3, 0.4) is 0 Å². The lowest BCUT2D eigenvalue weighted by atomic mass is 10.1. The number of phosphoric ester groups is 1. The van der Waals surface area contributed by atoms with E-state index in [0.29, 0.717) is 0 Å². The molecule has 0 aromatic heterocycles. The summed E-state index contributed by atoms with van der Waals surface area (Å²) in [5.41, 5.74) is -0.258. The lowest BCUT2D eigenvalue weighted by Gasteiger charge is -2.29. The molecule has 7 nitrogen and oxygen atoms in total. The Morgan fingerprint density at radius 3 is 2.60 bits per heavy atom. The molecule has 0 bridgehead atoms. The molecule has 132 valence electrons. The van der Waals surface area contributed by atoms with E-state index < -0.39 is 30.5 Å². The van der Waals surface area contributed by atoms with E-state index in [1.54, 1.807) is 0 Å². The molecule has 0 unspecified atom stereocenters. The number of benzene rings is 2. The molecule has 0 N–H and O–H groups in total. The first-order chi connectivity index (χ1) is 11.9. The van der Waals surface area contributed by atoms with E-state index in [-0.39, 0.29) is 30.0 Å². The third-order valence-corrected chi connectivity index (χ3v) is 4.92. The van der Waals surface area contributed by atoms with Crippen molar-refractivity contribution >= 4 is 13.5 Å². The van der Waals surface area contributed by atoms with E-state index in [9.17, 15) is 23.5 Å². The lowest BCUT2D eigenvalue weighted by Crippen LogP contribution is -2.17. The number of nitro benzene ring substituents is 1. The largest absolute Gasteiger partial charge is 0.530 e. The standard InChI is InChI=1S/C15H12F2NO6P/c16-13-3-1-2-12(15(13)17)14-8-9-22-25(21,24-14)23-11-6-4-10(5-7-11)18(19)20/h1-7,14H,8-9H2/t14-,25-/m0/s1. The van der Waals surface area contributed by atoms with Crippen molar-refractivity contribution in [2.24, 2.45) is 0 Å². The minimum absolute atomic E-state index is 0.0225. The molecule has 1 saturated heterocycles. The molecule has 0 radical (unpaired) electrons. The van der Waals surface area contributed by atoms with Gasteiger partial charge in [-0.05, 0) is 18.2 Å². The third-order valence-electron chi connectivity index (χ3n) is 3.48. The van der Waals surface area contributed by atoms with Gasteiger partial charge in [-0.3, -0.25) is 19.2 Å². The van der Waals surface area contributed by atoms with Gasteiger partial charge in [0, 0.05) is 24.1 Å². The SMILES string of the molecule is O=[N+]([O-])c1ccc(O[P@]2(=O)OCC[C@@H](c3cccc(F)c3F)O2)cc1. The van der Waals surface area contributed by atoms with Gasteiger partial charge in [-0.25, -0.2) is 13.3 Å². The third kappa shape index (κ3) is 3.84. The summed E-state index contributed by atoms with van der Waals surface area (Å²) >= 11 is 0. The Labute approximate surface area is 140 Å². The van der Waals surface area contributed by atoms with Crippen LogP contribution in [-0.2, 0) is 13.6 Å². The fourth-order valence-corrected chi connectivity index (χ4v) is 3.69. The van der Waals surface area contributed by atoms with Crippen LogP contribution < -0.4 is 4.52 Å². The van der Waals surface area contributed by atoms with E-state index in [4.69, 9.17) is 13.6 Å². The molecule has 1 fully saturated rings. The van der Waals surface area contributed by atoms with Crippen molar-refractivity contribution in [2.75, 3.05) is 6.61 Å². The maximum Gasteiger partial charge on any atom is 0.530 e. The number of hydrogen-bond donors (Lipinski definition) is 0. The van der Waals surface area contributed by atoms with E-state index in [1.807, 2.05) is 0 Å². The summed E-state index contributed by atoms with van der Waals surface area (Å²) in [6.07, 6.45) is -0.845. The predicted molar refractivity (Wildman–Crippen MR) is 82.1 cm³/mol. The zero-order valence-corrected chi connectivity index (χ0v) is 13.5. The average Bonchev–Trinajstić information content (AvgIpc) is 2.57. The maximum absolute atomic E-state index is 13.9. The van der Waals surface area contributed by atoms with Crippen LogP contribution in [0.15, 0.2) is 42.5 Å². The number of phosphoric acid groups is 1. The van der Waals surface area contributed by atoms with Gasteiger partial charge in [0.15, 0.2) is 11.6 Å². The molecule has 1 aliphatic rings. The Morgan fingerprint density at radius 2 is 1.92 bits per heavy atom. The predicted octanol–water partition coefficient (Wildman–Crippen LogP) is 4.54. The first kappa shape index (κ1) is 17.5. The topological polar surface area (TPSA) is 87.9 Å². The van der Waals surface area contributed by atoms with Crippen LogP contribution in [0.4, 0.5) is 14.5 Å². The molecule has 0 amide bonds. The van der Waals surface area contributed by atoms with E-state index >= 15 is 0 Å². The van der Waals surface area contributed by atoms with Gasteiger partial charge in [0.1, 0.15) is 11.9 Å². The van der Waals surface area contributed by atoms with Crippen molar-refractivity contribution in [1.82, 2.24) is 0 Å². The summed E-state index contributed by atoms with van der Waals surface area (Å²) in [6.45, 7) is -0.0507. The van der Waals surface area contributed by atoms with Crippen LogP contribution in [0.2, 0.25) is 0 Å². The minimum Gasteiger partial charge on any atom is -0.404 e. The van der Waals surface area contributed by atoms with Gasteiger partial charge >= 0.3 is 7.82 Å². The highest BCUT2D eigenvalue weighted by atomic mass is 31.2. The highest BCUT2D eigenvalue weighted by Crippen LogP contribution is 2.56. The molecule has 2 aromatic rings. The van der Waals surface area contributed by atoms with Gasteiger partial charge in [-0.15, -0.1) is 0 Å². The molecule has 0 spiro atoms. The van der Waals surface area contributed by atoms with Crippen molar-refractivity contribution in [3.05, 3.63) is 69.8 Å². The van der Waals surface area contributed by atoms with Crippen LogP contribution in [0, 0.1) is 21.7 Å². The van der Waals surface area contributed by atoms with Gasteiger partial charge in [0.2, 0.25) is 0 Å². The van der Waals surface area contributed by atoms with E-state index in [1.165, 1.54) is 24.3 Å². The Morgan fingerprint density at radius 1 is 1.20 bits per heavy atom. The molecular formula is C15H12F2NO6P. The Kier molecular flexibility index (Phi) is 4.80. The van der Waals surface area contributed by atoms with E-state index in [2.05, 4.69) is 0 Å². The van der Waals surface area contributed by atoms with Gasteiger partial charge in [0.25, 0.3) is 5.69 Å². The molecule has 0 saturated carbocycles. The van der Waals surface area contributed by atoms with Gasteiger partial charge in [-0.1, -0.05) is 12.1 Å². The Balaban J connectivity index is 1.78. The maximum atomic E-state index is 13.9. The van der Waals surface area contributed by atoms with Gasteiger partial charge < -0.3 is 4.52 Å². The van der Waals surface area contributed by atoms with Crippen LogP contribution in [0.5, 0.6) is 5.75 Å². The van der Waals surface area contributed by atoms with Crippen molar-refractivity contribution in [3.8, 4) is 5.75 Å². The van der Waals surface area contributed by atoms with Gasteiger partial charge in [0.05, 0.1) is 11.5 Å². The number of non-ortho nitro benzene ring substituents is 1. The molecule has 25 heavy (non-hydrogen) atoms. The zero-order valence-electron chi connectivity index (χ0n) is 12.6. The molecule has 2 aromatic carbocycles. The second-order valence-electron chi connectivity index (χ2n) is 5.15. The van der Waals surface area contributed by atoms with Crippen molar-refractivity contribution in [3.63, 3.8) is 0 Å². The quantitative estimate of drug-likeness (QED) is 0.445. The fourth-order valence-electron chi connectivity index (χ4n) is 2.30. The summed E-state index contributed by atoms with van der Waals surface area (Å²) in [6, 6.07) is 8.39. The number of hydrogen-bond acceptors (Lipinski definition) is 6. The molecule has 3 rings (SSSR count). The number of nitrogens with zero attached hydrogens (tertiary/aromatic N) is 1. The van der Waals surface area contributed by atoms with Crippen LogP contribution in [0.25, 0.3) is 0 Å². The first-order valence-electron chi connectivity index (χ1n) is 7.19. The summed E-state index contributed by atoms with van der Waals surface area (Å²) in [7, 11) is -4.09. The molecule has 1 aliphatic heterocycles. The smallest absolute Gasteiger partial charge is 0.404 e. The Bertz CT molecular complexity index is 844. The second kappa shape index (κ2) is 6.87. The second-order valence-corrected chi connectivity index (χ2v) is 6.69. The molecule has 0 aliphatic carbocycles. The lowest BCUT2D eigenvalue weighted by molar-refractivity contribution is -0.384. The average molecular weight is 371 g/mol. The van der Waals surface area contributed by atoms with Crippen molar-refractivity contribution < 1.29 is 31.8 Å². The summed E-state index contributed by atoms with van der Waals surface area (Å²) in [4.78, 5) is 10.0. The van der Waals surface area contributed by atoms with E-state index in [0.717, 1.165) is 18.2 Å². The highest BCUT2D eigenvalue weighted by Gasteiger charge is 2.38. The number of halogens is 2. The normalized spacial score (nSPS) is 23.2. The molecular weight excluding hydrogens is 359 g/mol. The number of nitro groups is 1. The number of rotatable bonds is 4. The Hall–Kier alpha value is -2.35. The van der Waals surface area contributed by atoms with Gasteiger partial charge in [-0.2, -0.15) is 0 Å².